The second-order valence-electron chi connectivity index (χ2n) is 5.35. The summed E-state index contributed by atoms with van der Waals surface area (Å²) in [6.07, 6.45) is 6.84. The number of halogens is 1. The lowest BCUT2D eigenvalue weighted by Gasteiger charge is -2.34. The molecule has 0 saturated carbocycles. The van der Waals surface area contributed by atoms with Gasteiger partial charge in [-0.15, -0.1) is 0 Å². The summed E-state index contributed by atoms with van der Waals surface area (Å²) in [5.74, 6) is -0.419. The zero-order valence-electron chi connectivity index (χ0n) is 13.4. The first-order valence-corrected chi connectivity index (χ1v) is 7.85. The van der Waals surface area contributed by atoms with Crippen molar-refractivity contribution in [3.63, 3.8) is 0 Å². The van der Waals surface area contributed by atoms with Crippen molar-refractivity contribution in [3.05, 3.63) is 60.0 Å². The molecule has 0 aliphatic carbocycles. The fourth-order valence-electron chi connectivity index (χ4n) is 2.57. The van der Waals surface area contributed by atoms with Gasteiger partial charge in [0.05, 0.1) is 19.3 Å². The molecule has 0 aromatic heterocycles. The molecule has 2 rings (SSSR count). The van der Waals surface area contributed by atoms with Gasteiger partial charge in [-0.2, -0.15) is 0 Å². The Bertz CT molecular complexity index is 566. The Labute approximate surface area is 136 Å². The van der Waals surface area contributed by atoms with Crippen LogP contribution in [0.2, 0.25) is 0 Å². The quantitative estimate of drug-likeness (QED) is 0.647. The number of carbonyl (C=O) groups excluding carboxylic acids is 1. The van der Waals surface area contributed by atoms with E-state index >= 15 is 0 Å². The Morgan fingerprint density at radius 3 is 2.87 bits per heavy atom. The molecule has 1 atom stereocenters. The predicted octanol–water partition coefficient (Wildman–Crippen LogP) is 2.45. The number of hydrogen-bond acceptors (Lipinski definition) is 3. The van der Waals surface area contributed by atoms with Crippen LogP contribution in [0.5, 0.6) is 0 Å². The van der Waals surface area contributed by atoms with Crippen LogP contribution in [-0.4, -0.2) is 43.7 Å². The van der Waals surface area contributed by atoms with Crippen molar-refractivity contribution in [2.24, 2.45) is 0 Å². The summed E-state index contributed by atoms with van der Waals surface area (Å²) in [5.41, 5.74) is 0.865. The summed E-state index contributed by atoms with van der Waals surface area (Å²) in [4.78, 5) is 14.1. The molecule has 1 aliphatic heterocycles. The summed E-state index contributed by atoms with van der Waals surface area (Å²) in [6, 6.07) is 6.49. The predicted molar refractivity (Wildman–Crippen MR) is 88.5 cm³/mol. The summed E-state index contributed by atoms with van der Waals surface area (Å²) < 4.78 is 18.9. The molecule has 1 aromatic carbocycles. The van der Waals surface area contributed by atoms with Crippen molar-refractivity contribution in [1.29, 1.82) is 0 Å². The van der Waals surface area contributed by atoms with Gasteiger partial charge < -0.3 is 10.1 Å². The summed E-state index contributed by atoms with van der Waals surface area (Å²) >= 11 is 0. The Morgan fingerprint density at radius 2 is 2.17 bits per heavy atom. The van der Waals surface area contributed by atoms with E-state index in [1.807, 2.05) is 19.1 Å². The zero-order valence-corrected chi connectivity index (χ0v) is 13.4. The third-order valence-corrected chi connectivity index (χ3v) is 3.74. The molecule has 1 fully saturated rings. The van der Waals surface area contributed by atoms with Crippen molar-refractivity contribution in [3.8, 4) is 0 Å². The average Bonchev–Trinajstić information content (AvgIpc) is 2.56. The van der Waals surface area contributed by atoms with Crippen LogP contribution in [0.15, 0.2) is 48.6 Å². The minimum Gasteiger partial charge on any atom is -0.379 e. The molecule has 23 heavy (non-hydrogen) atoms. The highest BCUT2D eigenvalue weighted by Gasteiger charge is 2.23. The van der Waals surface area contributed by atoms with Crippen molar-refractivity contribution in [2.75, 3.05) is 32.8 Å². The number of nitrogens with one attached hydrogen (secondary N) is 1. The molecular formula is C18H23FN2O2. The number of ether oxygens (including phenoxy) is 1. The van der Waals surface area contributed by atoms with E-state index in [9.17, 15) is 9.18 Å². The van der Waals surface area contributed by atoms with Gasteiger partial charge in [0.25, 0.3) is 0 Å². The van der Waals surface area contributed by atoms with E-state index in [1.54, 1.807) is 18.2 Å². The van der Waals surface area contributed by atoms with Crippen molar-refractivity contribution in [2.45, 2.75) is 13.0 Å². The normalized spacial score (nSPS) is 17.7. The largest absolute Gasteiger partial charge is 0.379 e. The highest BCUT2D eigenvalue weighted by Crippen LogP contribution is 2.22. The lowest BCUT2D eigenvalue weighted by molar-refractivity contribution is -0.116. The Kier molecular flexibility index (Phi) is 6.97. The van der Waals surface area contributed by atoms with E-state index in [-0.39, 0.29) is 17.8 Å². The summed E-state index contributed by atoms with van der Waals surface area (Å²) in [6.45, 7) is 5.17. The summed E-state index contributed by atoms with van der Waals surface area (Å²) in [7, 11) is 0. The maximum atomic E-state index is 13.5. The van der Waals surface area contributed by atoms with Crippen molar-refractivity contribution in [1.82, 2.24) is 10.2 Å². The standard InChI is InChI=1S/C18H23FN2O2/c1-2-3-4-8-18(22)20-14-17(21-9-11-23-12-10-21)15-6-5-7-16(19)13-15/h2-8,13,17H,9-12,14H2,1H3,(H,20,22)/b3-2+,8-4-/t17-/m1/s1. The second kappa shape index (κ2) is 9.22. The van der Waals surface area contributed by atoms with E-state index in [0.29, 0.717) is 19.8 Å². The molecule has 0 radical (unpaired) electrons. The topological polar surface area (TPSA) is 41.6 Å². The zero-order chi connectivity index (χ0) is 16.5. The molecule has 1 saturated heterocycles. The van der Waals surface area contributed by atoms with Gasteiger partial charge in [0.1, 0.15) is 5.82 Å². The molecule has 4 nitrogen and oxygen atoms in total. The molecule has 124 valence electrons. The third-order valence-electron chi connectivity index (χ3n) is 3.74. The fraction of sp³-hybridized carbons (Fsp3) is 0.389. The number of rotatable bonds is 6. The maximum Gasteiger partial charge on any atom is 0.244 e. The van der Waals surface area contributed by atoms with Crippen molar-refractivity contribution < 1.29 is 13.9 Å². The first kappa shape index (κ1) is 17.4. The van der Waals surface area contributed by atoms with E-state index in [0.717, 1.165) is 18.7 Å². The number of benzene rings is 1. The SMILES string of the molecule is C/C=C/C=C\C(=O)NC[C@H](c1cccc(F)c1)N1CCOCC1. The molecule has 0 unspecified atom stereocenters. The van der Waals surface area contributed by atoms with Gasteiger partial charge >= 0.3 is 0 Å². The van der Waals surface area contributed by atoms with Crippen LogP contribution in [0.3, 0.4) is 0 Å². The molecular weight excluding hydrogens is 295 g/mol. The number of morpholine rings is 1. The Hall–Kier alpha value is -1.98. The lowest BCUT2D eigenvalue weighted by atomic mass is 10.0. The van der Waals surface area contributed by atoms with Gasteiger partial charge in [-0.3, -0.25) is 9.69 Å². The molecule has 1 aromatic rings. The van der Waals surface area contributed by atoms with Crippen LogP contribution in [0.1, 0.15) is 18.5 Å². The van der Waals surface area contributed by atoms with Gasteiger partial charge in [0.2, 0.25) is 5.91 Å². The van der Waals surface area contributed by atoms with Gasteiger partial charge in [-0.05, 0) is 24.6 Å². The highest BCUT2D eigenvalue weighted by molar-refractivity contribution is 5.87. The van der Waals surface area contributed by atoms with E-state index in [1.165, 1.54) is 18.2 Å². The average molecular weight is 318 g/mol. The van der Waals surface area contributed by atoms with Gasteiger partial charge in [0.15, 0.2) is 0 Å². The number of carbonyl (C=O) groups is 1. The van der Waals surface area contributed by atoms with E-state index in [4.69, 9.17) is 4.74 Å². The smallest absolute Gasteiger partial charge is 0.244 e. The van der Waals surface area contributed by atoms with Gasteiger partial charge in [-0.1, -0.05) is 30.4 Å². The monoisotopic (exact) mass is 318 g/mol. The fourth-order valence-corrected chi connectivity index (χ4v) is 2.57. The number of amides is 1. The number of nitrogens with zero attached hydrogens (tertiary/aromatic N) is 1. The van der Waals surface area contributed by atoms with Gasteiger partial charge in [0, 0.05) is 25.7 Å². The molecule has 5 heteroatoms. The Balaban J connectivity index is 2.05. The summed E-state index contributed by atoms with van der Waals surface area (Å²) in [5, 5.41) is 2.89. The first-order chi connectivity index (χ1) is 11.2. The van der Waals surface area contributed by atoms with Crippen LogP contribution >= 0.6 is 0 Å². The van der Waals surface area contributed by atoms with E-state index in [2.05, 4.69) is 10.2 Å². The van der Waals surface area contributed by atoms with Crippen molar-refractivity contribution >= 4 is 5.91 Å². The number of allylic oxidation sites excluding steroid dienone is 3. The van der Waals surface area contributed by atoms with Gasteiger partial charge in [-0.25, -0.2) is 4.39 Å². The highest BCUT2D eigenvalue weighted by atomic mass is 19.1. The van der Waals surface area contributed by atoms with Crippen LogP contribution < -0.4 is 5.32 Å². The van der Waals surface area contributed by atoms with Crippen LogP contribution in [0, 0.1) is 5.82 Å². The minimum atomic E-state index is -0.264. The first-order valence-electron chi connectivity index (χ1n) is 7.85. The molecule has 0 bridgehead atoms. The lowest BCUT2D eigenvalue weighted by Crippen LogP contribution is -2.43. The molecule has 1 amide bonds. The van der Waals surface area contributed by atoms with Crippen LogP contribution in [0.4, 0.5) is 4.39 Å². The van der Waals surface area contributed by atoms with E-state index < -0.39 is 0 Å². The molecule has 0 spiro atoms. The Morgan fingerprint density at radius 1 is 1.39 bits per heavy atom. The second-order valence-corrected chi connectivity index (χ2v) is 5.35. The van der Waals surface area contributed by atoms with Crippen LogP contribution in [-0.2, 0) is 9.53 Å². The third kappa shape index (κ3) is 5.62. The maximum absolute atomic E-state index is 13.5. The molecule has 1 aliphatic rings. The van der Waals surface area contributed by atoms with Crippen LogP contribution in [0.25, 0.3) is 0 Å². The molecule has 1 N–H and O–H groups in total. The number of hydrogen-bond donors (Lipinski definition) is 1. The molecule has 1 heterocycles. The minimum absolute atomic E-state index is 0.0614.